The van der Waals surface area contributed by atoms with Crippen molar-refractivity contribution >= 4 is 5.78 Å². The monoisotopic (exact) mass is 405 g/mol. The number of carbonyl (C=O) groups excluding carboxylic acids is 1. The van der Waals surface area contributed by atoms with Gasteiger partial charge in [-0.05, 0) is 54.8 Å². The van der Waals surface area contributed by atoms with E-state index in [2.05, 4.69) is 6.58 Å². The molecule has 30 heavy (non-hydrogen) atoms. The molecule has 1 aromatic heterocycles. The highest BCUT2D eigenvalue weighted by atomic mass is 19.1. The number of hydrogen-bond acceptors (Lipinski definition) is 3. The number of nitrogens with zero attached hydrogens (tertiary/aromatic N) is 1. The molecule has 3 aromatic rings. The Balaban J connectivity index is 2.22. The van der Waals surface area contributed by atoms with Gasteiger partial charge >= 0.3 is 0 Å². The number of ketones is 1. The van der Waals surface area contributed by atoms with Gasteiger partial charge in [-0.2, -0.15) is 0 Å². The third-order valence-electron chi connectivity index (χ3n) is 4.94. The zero-order chi connectivity index (χ0) is 21.8. The first kappa shape index (κ1) is 21.2. The normalized spacial score (nSPS) is 10.7. The molecule has 0 fully saturated rings. The van der Waals surface area contributed by atoms with Crippen molar-refractivity contribution in [1.82, 2.24) is 4.57 Å². The number of carbonyl (C=O) groups is 1. The average molecular weight is 405 g/mol. The minimum absolute atomic E-state index is 0.0760. The highest BCUT2D eigenvalue weighted by Crippen LogP contribution is 2.37. The van der Waals surface area contributed by atoms with Gasteiger partial charge in [0.2, 0.25) is 0 Å². The molecule has 5 heteroatoms. The number of aryl methyl sites for hydroxylation is 3. The summed E-state index contributed by atoms with van der Waals surface area (Å²) in [5, 5.41) is 0. The largest absolute Gasteiger partial charge is 0.454 e. The molecule has 0 radical (unpaired) electrons. The highest BCUT2D eigenvalue weighted by molar-refractivity contribution is 5.93. The molecule has 1 heterocycles. The van der Waals surface area contributed by atoms with Crippen LogP contribution in [0.15, 0.2) is 66.1 Å². The van der Waals surface area contributed by atoms with Crippen LogP contribution < -0.4 is 10.3 Å². The van der Waals surface area contributed by atoms with Gasteiger partial charge < -0.3 is 9.30 Å². The van der Waals surface area contributed by atoms with E-state index < -0.39 is 5.82 Å². The van der Waals surface area contributed by atoms with E-state index in [4.69, 9.17) is 4.74 Å². The Bertz CT molecular complexity index is 1180. The van der Waals surface area contributed by atoms with E-state index in [9.17, 15) is 14.0 Å². The third-order valence-corrected chi connectivity index (χ3v) is 4.94. The lowest BCUT2D eigenvalue weighted by Gasteiger charge is -2.17. The van der Waals surface area contributed by atoms with Crippen molar-refractivity contribution in [2.45, 2.75) is 26.7 Å². The van der Waals surface area contributed by atoms with E-state index in [1.165, 1.54) is 16.7 Å². The van der Waals surface area contributed by atoms with E-state index >= 15 is 0 Å². The van der Waals surface area contributed by atoms with Crippen LogP contribution in [0.4, 0.5) is 4.39 Å². The Morgan fingerprint density at radius 2 is 1.93 bits per heavy atom. The van der Waals surface area contributed by atoms with Crippen molar-refractivity contribution in [3.05, 3.63) is 94.2 Å². The summed E-state index contributed by atoms with van der Waals surface area (Å²) in [5.41, 5.74) is 3.45. The lowest BCUT2D eigenvalue weighted by atomic mass is 9.95. The Morgan fingerprint density at radius 1 is 1.17 bits per heavy atom. The van der Waals surface area contributed by atoms with E-state index in [0.29, 0.717) is 28.9 Å². The summed E-state index contributed by atoms with van der Waals surface area (Å²) in [5.74, 6) is -0.110. The summed E-state index contributed by atoms with van der Waals surface area (Å²) in [4.78, 5) is 24.5. The third kappa shape index (κ3) is 4.40. The van der Waals surface area contributed by atoms with Crippen LogP contribution in [0.25, 0.3) is 11.1 Å². The first-order valence-electron chi connectivity index (χ1n) is 9.75. The highest BCUT2D eigenvalue weighted by Gasteiger charge is 2.17. The minimum Gasteiger partial charge on any atom is -0.454 e. The molecular formula is C25H24FNO3. The molecule has 4 nitrogen and oxygen atoms in total. The van der Waals surface area contributed by atoms with Crippen LogP contribution in [-0.2, 0) is 24.7 Å². The smallest absolute Gasteiger partial charge is 0.253 e. The zero-order valence-electron chi connectivity index (χ0n) is 17.4. The van der Waals surface area contributed by atoms with Crippen LogP contribution in [-0.4, -0.2) is 10.4 Å². The van der Waals surface area contributed by atoms with Crippen LogP contribution in [0.5, 0.6) is 11.5 Å². The first-order valence-corrected chi connectivity index (χ1v) is 9.75. The molecular weight excluding hydrogens is 381 g/mol. The Morgan fingerprint density at radius 3 is 2.60 bits per heavy atom. The van der Waals surface area contributed by atoms with Crippen molar-refractivity contribution < 1.29 is 13.9 Å². The summed E-state index contributed by atoms with van der Waals surface area (Å²) < 4.78 is 21.9. The second kappa shape index (κ2) is 8.91. The lowest BCUT2D eigenvalue weighted by Crippen LogP contribution is -2.20. The summed E-state index contributed by atoms with van der Waals surface area (Å²) >= 11 is 0. The molecule has 0 aliphatic heterocycles. The molecule has 0 atom stereocenters. The zero-order valence-corrected chi connectivity index (χ0v) is 17.4. The Labute approximate surface area is 175 Å². The van der Waals surface area contributed by atoms with Crippen LogP contribution in [0.1, 0.15) is 23.6 Å². The molecule has 0 N–H and O–H groups in total. The number of allylic oxidation sites excluding steroid dienone is 1. The molecule has 154 valence electrons. The fraction of sp³-hybridized carbons (Fsp3) is 0.200. The standard InChI is InChI=1S/C25H24FNO3/c1-5-17-13-19(15-27(4)25(17)29)24-18(14-20(28)6-2)8-7-9-23(24)30-22-11-10-16(3)12-21(22)26/h6-13,15H,2,5,14H2,1,3-4H3. The van der Waals surface area contributed by atoms with E-state index in [1.807, 2.05) is 13.0 Å². The van der Waals surface area contributed by atoms with Crippen molar-refractivity contribution in [2.75, 3.05) is 0 Å². The number of ether oxygens (including phenoxy) is 1. The number of aromatic nitrogens is 1. The number of benzene rings is 2. The lowest BCUT2D eigenvalue weighted by molar-refractivity contribution is -0.114. The predicted molar refractivity (Wildman–Crippen MR) is 117 cm³/mol. The van der Waals surface area contributed by atoms with Gasteiger partial charge in [0, 0.05) is 36.4 Å². The summed E-state index contributed by atoms with van der Waals surface area (Å²) in [6, 6.07) is 11.9. The number of rotatable bonds is 7. The maximum Gasteiger partial charge on any atom is 0.253 e. The van der Waals surface area contributed by atoms with Gasteiger partial charge in [-0.25, -0.2) is 4.39 Å². The van der Waals surface area contributed by atoms with Crippen LogP contribution >= 0.6 is 0 Å². The van der Waals surface area contributed by atoms with Gasteiger partial charge in [0.25, 0.3) is 5.56 Å². The van der Waals surface area contributed by atoms with Crippen molar-refractivity contribution in [1.29, 1.82) is 0 Å². The van der Waals surface area contributed by atoms with Gasteiger partial charge in [-0.3, -0.25) is 9.59 Å². The first-order chi connectivity index (χ1) is 14.3. The molecule has 0 saturated carbocycles. The van der Waals surface area contributed by atoms with Gasteiger partial charge in [-0.1, -0.05) is 31.7 Å². The van der Waals surface area contributed by atoms with E-state index in [1.54, 1.807) is 50.5 Å². The van der Waals surface area contributed by atoms with E-state index in [-0.39, 0.29) is 23.5 Å². The molecule has 0 saturated heterocycles. The van der Waals surface area contributed by atoms with Crippen molar-refractivity contribution in [2.24, 2.45) is 7.05 Å². The number of hydrogen-bond donors (Lipinski definition) is 0. The van der Waals surface area contributed by atoms with Crippen LogP contribution in [0, 0.1) is 12.7 Å². The Kier molecular flexibility index (Phi) is 6.31. The molecule has 0 aliphatic carbocycles. The minimum atomic E-state index is -0.469. The molecule has 2 aromatic carbocycles. The average Bonchev–Trinajstić information content (AvgIpc) is 2.72. The number of pyridine rings is 1. The van der Waals surface area contributed by atoms with Gasteiger partial charge in [0.05, 0.1) is 0 Å². The van der Waals surface area contributed by atoms with Gasteiger partial charge in [0.1, 0.15) is 5.75 Å². The summed E-state index contributed by atoms with van der Waals surface area (Å²) in [6.45, 7) is 7.26. The van der Waals surface area contributed by atoms with Crippen molar-refractivity contribution in [3.63, 3.8) is 0 Å². The second-order valence-corrected chi connectivity index (χ2v) is 7.20. The molecule has 3 rings (SSSR count). The summed E-state index contributed by atoms with van der Waals surface area (Å²) in [7, 11) is 1.68. The van der Waals surface area contributed by atoms with Crippen LogP contribution in [0.2, 0.25) is 0 Å². The molecule has 0 bridgehead atoms. The second-order valence-electron chi connectivity index (χ2n) is 7.20. The summed E-state index contributed by atoms with van der Waals surface area (Å²) in [6.07, 6.45) is 3.67. The molecule has 0 amide bonds. The van der Waals surface area contributed by atoms with Gasteiger partial charge in [0.15, 0.2) is 17.3 Å². The fourth-order valence-corrected chi connectivity index (χ4v) is 3.37. The van der Waals surface area contributed by atoms with E-state index in [0.717, 1.165) is 11.1 Å². The van der Waals surface area contributed by atoms with Crippen LogP contribution in [0.3, 0.4) is 0 Å². The maximum atomic E-state index is 14.4. The Hall–Kier alpha value is -3.47. The number of halogens is 1. The molecule has 0 aliphatic rings. The topological polar surface area (TPSA) is 48.3 Å². The quantitative estimate of drug-likeness (QED) is 0.511. The molecule has 0 unspecified atom stereocenters. The molecule has 0 spiro atoms. The SMILES string of the molecule is C=CC(=O)Cc1cccc(Oc2ccc(C)cc2F)c1-c1cc(CC)c(=O)n(C)c1. The fourth-order valence-electron chi connectivity index (χ4n) is 3.37. The maximum absolute atomic E-state index is 14.4. The van der Waals surface area contributed by atoms with Gasteiger partial charge in [-0.15, -0.1) is 0 Å². The van der Waals surface area contributed by atoms with Crippen molar-refractivity contribution in [3.8, 4) is 22.6 Å². The predicted octanol–water partition coefficient (Wildman–Crippen LogP) is 5.15.